The summed E-state index contributed by atoms with van der Waals surface area (Å²) in [4.78, 5) is 7.38. The maximum Gasteiger partial charge on any atom is 0.408 e. The molecule has 0 saturated carbocycles. The Morgan fingerprint density at radius 3 is 2.61 bits per heavy atom. The summed E-state index contributed by atoms with van der Waals surface area (Å²) in [5, 5.41) is 9.86. The van der Waals surface area contributed by atoms with Crippen LogP contribution in [-0.2, 0) is 13.2 Å². The van der Waals surface area contributed by atoms with Crippen LogP contribution in [0.2, 0.25) is 0 Å². The highest BCUT2D eigenvalue weighted by Crippen LogP contribution is 2.17. The first-order valence-electron chi connectivity index (χ1n) is 4.74. The molecular weight excluding hydrogens is 253 g/mol. The van der Waals surface area contributed by atoms with Crippen LogP contribution in [0.3, 0.4) is 0 Å². The van der Waals surface area contributed by atoms with E-state index in [1.54, 1.807) is 0 Å². The average Bonchev–Trinajstić information content (AvgIpc) is 2.73. The Bertz CT molecular complexity index is 499. The molecule has 0 aliphatic carbocycles. The lowest BCUT2D eigenvalue weighted by molar-refractivity contribution is -0.143. The van der Waals surface area contributed by atoms with Gasteiger partial charge in [-0.25, -0.2) is 14.6 Å². The predicted molar refractivity (Wildman–Crippen MR) is 50.2 cm³/mol. The van der Waals surface area contributed by atoms with Crippen LogP contribution in [0.4, 0.5) is 13.2 Å². The van der Waals surface area contributed by atoms with Crippen LogP contribution in [-0.4, -0.2) is 36.4 Å². The number of hydrogen-bond donors (Lipinski definition) is 0. The second-order valence-electron chi connectivity index (χ2n) is 3.23. The van der Waals surface area contributed by atoms with Crippen molar-refractivity contribution < 1.29 is 17.9 Å². The lowest BCUT2D eigenvalue weighted by Gasteiger charge is -2.08. The van der Waals surface area contributed by atoms with Crippen LogP contribution >= 0.6 is 0 Å². The number of ether oxygens (including phenoxy) is 1. The van der Waals surface area contributed by atoms with E-state index < -0.39 is 12.7 Å². The van der Waals surface area contributed by atoms with Gasteiger partial charge in [0.2, 0.25) is 0 Å². The van der Waals surface area contributed by atoms with E-state index in [2.05, 4.69) is 25.5 Å². The van der Waals surface area contributed by atoms with Crippen LogP contribution in [0.1, 0.15) is 5.82 Å². The lowest BCUT2D eigenvalue weighted by atomic mass is 10.5. The van der Waals surface area contributed by atoms with Gasteiger partial charge in [0.25, 0.3) is 0 Å². The van der Waals surface area contributed by atoms with Gasteiger partial charge in [-0.3, -0.25) is 0 Å². The highest BCUT2D eigenvalue weighted by molar-refractivity contribution is 5.10. The Balaban J connectivity index is 2.00. The number of alkyl halides is 3. The topological polar surface area (TPSA) is 78.6 Å². The van der Waals surface area contributed by atoms with E-state index in [4.69, 9.17) is 4.74 Å². The molecule has 0 N–H and O–H groups in total. The molecular formula is C8H7F3N6O. The summed E-state index contributed by atoms with van der Waals surface area (Å²) in [6.45, 7) is -1.46. The molecule has 18 heavy (non-hydrogen) atoms. The maximum atomic E-state index is 12.2. The summed E-state index contributed by atoms with van der Waals surface area (Å²) in [6, 6.07) is 0. The highest BCUT2D eigenvalue weighted by atomic mass is 19.4. The zero-order valence-electron chi connectivity index (χ0n) is 8.87. The van der Waals surface area contributed by atoms with Crippen molar-refractivity contribution in [3.8, 4) is 5.75 Å². The summed E-state index contributed by atoms with van der Waals surface area (Å²) in [7, 11) is 0. The van der Waals surface area contributed by atoms with Gasteiger partial charge in [0, 0.05) is 0 Å². The summed E-state index contributed by atoms with van der Waals surface area (Å²) in [5.74, 6) is 0.287. The molecule has 0 radical (unpaired) electrons. The third-order valence-electron chi connectivity index (χ3n) is 1.84. The first kappa shape index (κ1) is 12.2. The van der Waals surface area contributed by atoms with Crippen LogP contribution in [0.15, 0.2) is 18.7 Å². The zero-order valence-corrected chi connectivity index (χ0v) is 8.87. The lowest BCUT2D eigenvalue weighted by Crippen LogP contribution is -2.21. The molecule has 7 nitrogen and oxygen atoms in total. The molecule has 2 aromatic heterocycles. The molecule has 0 atom stereocenters. The third kappa shape index (κ3) is 3.37. The number of tetrazole rings is 1. The molecule has 96 valence electrons. The molecule has 0 aliphatic heterocycles. The van der Waals surface area contributed by atoms with Gasteiger partial charge in [0.05, 0.1) is 12.4 Å². The van der Waals surface area contributed by atoms with Gasteiger partial charge in [0.1, 0.15) is 19.5 Å². The monoisotopic (exact) mass is 260 g/mol. The van der Waals surface area contributed by atoms with Crippen LogP contribution < -0.4 is 4.74 Å². The number of hydrogen-bond acceptors (Lipinski definition) is 6. The molecule has 0 saturated heterocycles. The Morgan fingerprint density at radius 1 is 1.22 bits per heavy atom. The normalized spacial score (nSPS) is 11.5. The van der Waals surface area contributed by atoms with Gasteiger partial charge < -0.3 is 4.74 Å². The molecule has 0 unspecified atom stereocenters. The van der Waals surface area contributed by atoms with E-state index in [0.29, 0.717) is 10.4 Å². The molecule has 10 heteroatoms. The first-order valence-corrected chi connectivity index (χ1v) is 4.74. The Morgan fingerprint density at radius 2 is 1.94 bits per heavy atom. The van der Waals surface area contributed by atoms with Gasteiger partial charge >= 0.3 is 6.18 Å². The van der Waals surface area contributed by atoms with Gasteiger partial charge in [-0.2, -0.15) is 13.2 Å². The molecule has 2 heterocycles. The van der Waals surface area contributed by atoms with Gasteiger partial charge in [-0.15, -0.1) is 5.10 Å². The van der Waals surface area contributed by atoms with Gasteiger partial charge in [0.15, 0.2) is 11.6 Å². The first-order chi connectivity index (χ1) is 8.54. The smallest absolute Gasteiger partial charge is 0.408 e. The second-order valence-corrected chi connectivity index (χ2v) is 3.23. The minimum Gasteiger partial charge on any atom is -0.482 e. The van der Waals surface area contributed by atoms with Crippen molar-refractivity contribution in [2.75, 3.05) is 0 Å². The van der Waals surface area contributed by atoms with Crippen molar-refractivity contribution in [2.24, 2.45) is 0 Å². The van der Waals surface area contributed by atoms with E-state index in [1.165, 1.54) is 18.7 Å². The Labute approximate surface area is 98.6 Å². The predicted octanol–water partition coefficient (Wildman–Crippen LogP) is 0.604. The van der Waals surface area contributed by atoms with E-state index in [0.717, 1.165) is 0 Å². The summed E-state index contributed by atoms with van der Waals surface area (Å²) >= 11 is 0. The number of aromatic nitrogens is 6. The van der Waals surface area contributed by atoms with Crippen LogP contribution in [0.5, 0.6) is 5.75 Å². The third-order valence-corrected chi connectivity index (χ3v) is 1.84. The van der Waals surface area contributed by atoms with Crippen LogP contribution in [0.25, 0.3) is 0 Å². The molecule has 0 spiro atoms. The quantitative estimate of drug-likeness (QED) is 0.801. The molecule has 0 fully saturated rings. The standard InChI is InChI=1S/C8H7F3N6O/c9-8(10,11)4-17-7(14-15-16-17)3-18-6-1-12-5-13-2-6/h1-2,5H,3-4H2. The highest BCUT2D eigenvalue weighted by Gasteiger charge is 2.30. The van der Waals surface area contributed by atoms with E-state index >= 15 is 0 Å². The largest absolute Gasteiger partial charge is 0.482 e. The number of nitrogens with zero attached hydrogens (tertiary/aromatic N) is 6. The van der Waals surface area contributed by atoms with Crippen LogP contribution in [0, 0.1) is 0 Å². The van der Waals surface area contributed by atoms with E-state index in [-0.39, 0.29) is 12.4 Å². The fourth-order valence-corrected chi connectivity index (χ4v) is 1.13. The van der Waals surface area contributed by atoms with Crippen molar-refractivity contribution in [1.82, 2.24) is 30.2 Å². The molecule has 0 aromatic carbocycles. The van der Waals surface area contributed by atoms with E-state index in [9.17, 15) is 13.2 Å². The summed E-state index contributed by atoms with van der Waals surface area (Å²) < 4.78 is 42.3. The average molecular weight is 260 g/mol. The maximum absolute atomic E-state index is 12.2. The van der Waals surface area contributed by atoms with Crippen molar-refractivity contribution in [3.63, 3.8) is 0 Å². The van der Waals surface area contributed by atoms with Crippen molar-refractivity contribution in [1.29, 1.82) is 0 Å². The summed E-state index contributed by atoms with van der Waals surface area (Å²) in [6.07, 6.45) is -0.323. The Hall–Kier alpha value is -2.26. The van der Waals surface area contributed by atoms with Crippen molar-refractivity contribution in [2.45, 2.75) is 19.3 Å². The minimum absolute atomic E-state index is 0.0313. The molecule has 2 aromatic rings. The van der Waals surface area contributed by atoms with E-state index in [1.807, 2.05) is 0 Å². The SMILES string of the molecule is FC(F)(F)Cn1nnnc1COc1cncnc1. The van der Waals surface area contributed by atoms with Crippen molar-refractivity contribution >= 4 is 0 Å². The molecule has 2 rings (SSSR count). The van der Waals surface area contributed by atoms with Crippen molar-refractivity contribution in [3.05, 3.63) is 24.5 Å². The van der Waals surface area contributed by atoms with Gasteiger partial charge in [-0.1, -0.05) is 0 Å². The number of halogens is 3. The minimum atomic E-state index is -4.39. The number of rotatable bonds is 4. The fourth-order valence-electron chi connectivity index (χ4n) is 1.13. The molecule has 0 amide bonds. The van der Waals surface area contributed by atoms with Gasteiger partial charge in [-0.05, 0) is 10.4 Å². The Kier molecular flexibility index (Phi) is 3.35. The molecule has 0 bridgehead atoms. The fraction of sp³-hybridized carbons (Fsp3) is 0.375. The molecule has 0 aliphatic rings. The second kappa shape index (κ2) is 4.94. The summed E-state index contributed by atoms with van der Waals surface area (Å²) in [5.41, 5.74) is 0. The zero-order chi connectivity index (χ0) is 13.0.